The zero-order valence-electron chi connectivity index (χ0n) is 12.2. The second kappa shape index (κ2) is 6.46. The summed E-state index contributed by atoms with van der Waals surface area (Å²) in [5.41, 5.74) is 1.09. The smallest absolute Gasteiger partial charge is 0.137 e. The Morgan fingerprint density at radius 3 is 3.10 bits per heavy atom. The number of halogens is 1. The van der Waals surface area contributed by atoms with Gasteiger partial charge in [0.2, 0.25) is 0 Å². The van der Waals surface area contributed by atoms with Crippen molar-refractivity contribution in [2.24, 2.45) is 0 Å². The molecule has 2 nitrogen and oxygen atoms in total. The molecule has 0 aliphatic carbocycles. The number of nitrogens with one attached hydrogen (secondary N) is 1. The molecule has 0 amide bonds. The summed E-state index contributed by atoms with van der Waals surface area (Å²) in [5, 5.41) is 4.74. The molecule has 1 aromatic heterocycles. The zero-order chi connectivity index (χ0) is 14.8. The van der Waals surface area contributed by atoms with E-state index in [9.17, 15) is 4.39 Å². The topological polar surface area (TPSA) is 24.9 Å². The average molecular weight is 322 g/mol. The first-order valence-electron chi connectivity index (χ1n) is 7.31. The van der Waals surface area contributed by atoms with Gasteiger partial charge in [0.05, 0.1) is 6.04 Å². The Morgan fingerprint density at radius 2 is 2.33 bits per heavy atom. The number of aromatic nitrogens is 1. The third-order valence-corrected chi connectivity index (χ3v) is 6.25. The zero-order valence-corrected chi connectivity index (χ0v) is 13.9. The van der Waals surface area contributed by atoms with E-state index in [1.54, 1.807) is 35.2 Å². The summed E-state index contributed by atoms with van der Waals surface area (Å²) in [7, 11) is 0. The standard InChI is InChI=1S/C16H19FN2S2/c1-3-11-9-18-16(21-11)10(2)19-14-7-8-20-15-12(14)5-4-6-13(15)17/h4-6,9-10,14,19H,3,7-8H2,1-2H3. The van der Waals surface area contributed by atoms with Gasteiger partial charge in [-0.25, -0.2) is 9.37 Å². The van der Waals surface area contributed by atoms with Crippen molar-refractivity contribution in [1.29, 1.82) is 0 Å². The van der Waals surface area contributed by atoms with Crippen LogP contribution in [-0.4, -0.2) is 10.7 Å². The lowest BCUT2D eigenvalue weighted by atomic mass is 10.0. The molecule has 0 radical (unpaired) electrons. The molecule has 1 aromatic carbocycles. The monoisotopic (exact) mass is 322 g/mol. The number of fused-ring (bicyclic) bond motifs is 1. The lowest BCUT2D eigenvalue weighted by Gasteiger charge is -2.28. The summed E-state index contributed by atoms with van der Waals surface area (Å²) in [6, 6.07) is 5.79. The number of hydrogen-bond acceptors (Lipinski definition) is 4. The molecule has 2 unspecified atom stereocenters. The highest BCUT2D eigenvalue weighted by Crippen LogP contribution is 2.38. The van der Waals surface area contributed by atoms with Gasteiger partial charge in [-0.05, 0) is 37.1 Å². The summed E-state index contributed by atoms with van der Waals surface area (Å²) in [5.74, 6) is 0.857. The van der Waals surface area contributed by atoms with Crippen molar-refractivity contribution in [3.8, 4) is 0 Å². The van der Waals surface area contributed by atoms with E-state index in [2.05, 4.69) is 24.1 Å². The maximum absolute atomic E-state index is 13.9. The van der Waals surface area contributed by atoms with Gasteiger partial charge in [0.15, 0.2) is 0 Å². The molecule has 2 heterocycles. The van der Waals surface area contributed by atoms with E-state index in [1.807, 2.05) is 12.3 Å². The number of rotatable bonds is 4. The fraction of sp³-hybridized carbons (Fsp3) is 0.438. The fourth-order valence-corrected chi connectivity index (χ4v) is 4.63. The number of benzene rings is 1. The van der Waals surface area contributed by atoms with Gasteiger partial charge in [-0.1, -0.05) is 19.1 Å². The quantitative estimate of drug-likeness (QED) is 0.880. The van der Waals surface area contributed by atoms with Crippen molar-refractivity contribution in [2.75, 3.05) is 5.75 Å². The summed E-state index contributed by atoms with van der Waals surface area (Å²) < 4.78 is 13.9. The molecule has 5 heteroatoms. The Hall–Kier alpha value is -0.910. The van der Waals surface area contributed by atoms with Gasteiger partial charge in [0.1, 0.15) is 10.8 Å². The van der Waals surface area contributed by atoms with Crippen LogP contribution in [-0.2, 0) is 6.42 Å². The summed E-state index contributed by atoms with van der Waals surface area (Å²) in [6.07, 6.45) is 4.01. The van der Waals surface area contributed by atoms with Crippen molar-refractivity contribution >= 4 is 23.1 Å². The highest BCUT2D eigenvalue weighted by molar-refractivity contribution is 7.99. The molecule has 1 aliphatic rings. The van der Waals surface area contributed by atoms with E-state index in [4.69, 9.17) is 0 Å². The lowest BCUT2D eigenvalue weighted by molar-refractivity contribution is 0.443. The van der Waals surface area contributed by atoms with E-state index in [0.717, 1.165) is 34.1 Å². The SMILES string of the molecule is CCc1cnc(C(C)NC2CCSc3c(F)cccc32)s1. The number of thioether (sulfide) groups is 1. The molecular weight excluding hydrogens is 303 g/mol. The van der Waals surface area contributed by atoms with Crippen LogP contribution >= 0.6 is 23.1 Å². The fourth-order valence-electron chi connectivity index (χ4n) is 2.62. The minimum atomic E-state index is -0.0980. The first-order valence-corrected chi connectivity index (χ1v) is 9.11. The molecule has 2 atom stereocenters. The van der Waals surface area contributed by atoms with E-state index in [0.29, 0.717) is 0 Å². The highest BCUT2D eigenvalue weighted by Gasteiger charge is 2.25. The molecular formula is C16H19FN2S2. The van der Waals surface area contributed by atoms with Crippen molar-refractivity contribution in [3.63, 3.8) is 0 Å². The van der Waals surface area contributed by atoms with Crippen molar-refractivity contribution < 1.29 is 4.39 Å². The van der Waals surface area contributed by atoms with E-state index >= 15 is 0 Å². The predicted molar refractivity (Wildman–Crippen MR) is 87.5 cm³/mol. The van der Waals surface area contributed by atoms with E-state index in [1.165, 1.54) is 4.88 Å². The maximum atomic E-state index is 13.9. The predicted octanol–water partition coefficient (Wildman–Crippen LogP) is 4.73. The molecule has 0 bridgehead atoms. The average Bonchev–Trinajstić information content (AvgIpc) is 2.97. The molecule has 0 saturated heterocycles. The van der Waals surface area contributed by atoms with E-state index in [-0.39, 0.29) is 17.9 Å². The van der Waals surface area contributed by atoms with Crippen molar-refractivity contribution in [2.45, 2.75) is 43.7 Å². The third-order valence-electron chi connectivity index (χ3n) is 3.77. The second-order valence-corrected chi connectivity index (χ2v) is 7.51. The first kappa shape index (κ1) is 15.0. The minimum Gasteiger partial charge on any atom is -0.301 e. The molecule has 1 N–H and O–H groups in total. The molecule has 3 rings (SSSR count). The lowest BCUT2D eigenvalue weighted by Crippen LogP contribution is -2.27. The number of aryl methyl sites for hydroxylation is 1. The van der Waals surface area contributed by atoms with Crippen LogP contribution in [0.4, 0.5) is 4.39 Å². The van der Waals surface area contributed by atoms with Gasteiger partial charge in [-0.3, -0.25) is 0 Å². The molecule has 1 aliphatic heterocycles. The van der Waals surface area contributed by atoms with Gasteiger partial charge in [0, 0.05) is 22.0 Å². The Morgan fingerprint density at radius 1 is 1.48 bits per heavy atom. The van der Waals surface area contributed by atoms with Crippen LogP contribution in [0.3, 0.4) is 0 Å². The number of thiazole rings is 1. The Balaban J connectivity index is 1.78. The van der Waals surface area contributed by atoms with E-state index < -0.39 is 0 Å². The van der Waals surface area contributed by atoms with Crippen LogP contribution in [0.25, 0.3) is 0 Å². The molecule has 0 saturated carbocycles. The van der Waals surface area contributed by atoms with Crippen LogP contribution in [0, 0.1) is 5.82 Å². The Bertz CT molecular complexity index is 626. The van der Waals surface area contributed by atoms with Gasteiger partial charge in [-0.2, -0.15) is 0 Å². The second-order valence-electron chi connectivity index (χ2n) is 5.25. The van der Waals surface area contributed by atoms with Crippen LogP contribution in [0.1, 0.15) is 47.8 Å². The largest absolute Gasteiger partial charge is 0.301 e. The molecule has 0 spiro atoms. The van der Waals surface area contributed by atoms with Gasteiger partial charge < -0.3 is 5.32 Å². The highest BCUT2D eigenvalue weighted by atomic mass is 32.2. The van der Waals surface area contributed by atoms with Crippen LogP contribution < -0.4 is 5.32 Å². The summed E-state index contributed by atoms with van der Waals surface area (Å²) in [6.45, 7) is 4.28. The normalized spacial score (nSPS) is 19.3. The summed E-state index contributed by atoms with van der Waals surface area (Å²) >= 11 is 3.38. The third kappa shape index (κ3) is 3.15. The van der Waals surface area contributed by atoms with Crippen LogP contribution in [0.5, 0.6) is 0 Å². The number of nitrogens with zero attached hydrogens (tertiary/aromatic N) is 1. The van der Waals surface area contributed by atoms with Gasteiger partial charge in [-0.15, -0.1) is 23.1 Å². The molecule has 112 valence electrons. The van der Waals surface area contributed by atoms with Crippen LogP contribution in [0.2, 0.25) is 0 Å². The van der Waals surface area contributed by atoms with Crippen molar-refractivity contribution in [3.05, 3.63) is 45.7 Å². The summed E-state index contributed by atoms with van der Waals surface area (Å²) in [4.78, 5) is 6.62. The molecule has 2 aromatic rings. The van der Waals surface area contributed by atoms with Crippen molar-refractivity contribution in [1.82, 2.24) is 10.3 Å². The minimum absolute atomic E-state index is 0.0980. The number of hydrogen-bond donors (Lipinski definition) is 1. The Labute approximate surface area is 133 Å². The maximum Gasteiger partial charge on any atom is 0.137 e. The molecule has 0 fully saturated rings. The first-order chi connectivity index (χ1) is 10.2. The van der Waals surface area contributed by atoms with Gasteiger partial charge >= 0.3 is 0 Å². The van der Waals surface area contributed by atoms with Gasteiger partial charge in [0.25, 0.3) is 0 Å². The molecule has 21 heavy (non-hydrogen) atoms. The Kier molecular flexibility index (Phi) is 4.62. The van der Waals surface area contributed by atoms with Crippen LogP contribution in [0.15, 0.2) is 29.3 Å².